The number of aryl methyl sites for hydroxylation is 2. The average Bonchev–Trinajstić information content (AvgIpc) is 3.18. The Hall–Kier alpha value is -2.70. The third kappa shape index (κ3) is 4.65. The van der Waals surface area contributed by atoms with Gasteiger partial charge in [0, 0.05) is 38.4 Å². The van der Waals surface area contributed by atoms with Crippen molar-refractivity contribution in [2.24, 2.45) is 5.92 Å². The zero-order valence-corrected chi connectivity index (χ0v) is 14.4. The molecule has 0 spiro atoms. The van der Waals surface area contributed by atoms with E-state index < -0.39 is 0 Å². The van der Waals surface area contributed by atoms with Gasteiger partial charge in [0.2, 0.25) is 11.8 Å². The number of aromatic nitrogens is 3. The van der Waals surface area contributed by atoms with Crippen molar-refractivity contribution in [2.75, 3.05) is 13.1 Å². The van der Waals surface area contributed by atoms with Crippen molar-refractivity contribution in [3.05, 3.63) is 48.0 Å². The Morgan fingerprint density at radius 3 is 3.00 bits per heavy atom. The van der Waals surface area contributed by atoms with E-state index in [1.54, 1.807) is 11.1 Å². The van der Waals surface area contributed by atoms with Crippen LogP contribution in [0.25, 0.3) is 0 Å². The summed E-state index contributed by atoms with van der Waals surface area (Å²) in [6.07, 6.45) is 6.59. The molecule has 7 heteroatoms. The molecule has 2 amide bonds. The molecule has 1 aliphatic heterocycles. The van der Waals surface area contributed by atoms with Crippen LogP contribution in [-0.4, -0.2) is 44.6 Å². The maximum Gasteiger partial charge on any atom is 0.225 e. The molecule has 7 nitrogen and oxygen atoms in total. The van der Waals surface area contributed by atoms with Crippen LogP contribution in [0.1, 0.15) is 24.1 Å². The van der Waals surface area contributed by atoms with Gasteiger partial charge in [0.25, 0.3) is 0 Å². The Bertz CT molecular complexity index is 728. The van der Waals surface area contributed by atoms with Crippen LogP contribution in [0.5, 0.6) is 0 Å². The molecule has 0 radical (unpaired) electrons. The summed E-state index contributed by atoms with van der Waals surface area (Å²) in [4.78, 5) is 30.3. The first-order valence-electron chi connectivity index (χ1n) is 8.56. The van der Waals surface area contributed by atoms with Gasteiger partial charge >= 0.3 is 0 Å². The molecule has 1 atom stereocenters. The largest absolute Gasteiger partial charge is 0.356 e. The van der Waals surface area contributed by atoms with Crippen molar-refractivity contribution >= 4 is 11.8 Å². The molecule has 25 heavy (non-hydrogen) atoms. The normalized spacial score (nSPS) is 17.1. The second-order valence-corrected chi connectivity index (χ2v) is 6.42. The molecule has 1 aliphatic rings. The highest BCUT2D eigenvalue weighted by atomic mass is 16.2. The molecule has 2 aromatic rings. The zero-order chi connectivity index (χ0) is 17.6. The minimum absolute atomic E-state index is 0.0119. The molecule has 3 rings (SSSR count). The Morgan fingerprint density at radius 1 is 1.40 bits per heavy atom. The maximum atomic E-state index is 12.3. The predicted octanol–water partition coefficient (Wildman–Crippen LogP) is 1.14. The second-order valence-electron chi connectivity index (χ2n) is 6.42. The predicted molar refractivity (Wildman–Crippen MR) is 92.4 cm³/mol. The number of amides is 2. The fourth-order valence-corrected chi connectivity index (χ4v) is 2.97. The molecule has 1 fully saturated rings. The number of pyridine rings is 1. The van der Waals surface area contributed by atoms with Crippen LogP contribution in [-0.2, 0) is 22.7 Å². The molecule has 0 saturated carbocycles. The first-order valence-corrected chi connectivity index (χ1v) is 8.56. The van der Waals surface area contributed by atoms with Gasteiger partial charge in [-0.05, 0) is 31.0 Å². The van der Waals surface area contributed by atoms with E-state index in [1.165, 1.54) is 0 Å². The third-order valence-corrected chi connectivity index (χ3v) is 4.29. The smallest absolute Gasteiger partial charge is 0.225 e. The van der Waals surface area contributed by atoms with E-state index in [1.807, 2.05) is 42.2 Å². The van der Waals surface area contributed by atoms with E-state index in [-0.39, 0.29) is 24.2 Å². The molecule has 132 valence electrons. The number of nitrogens with zero attached hydrogens (tertiary/aromatic N) is 4. The SMILES string of the molecule is Cc1cnn(CCCNC(=O)[C@@H]2CC(=O)N(Cc3ccccn3)C2)c1. The number of carbonyl (C=O) groups is 2. The van der Waals surface area contributed by atoms with Crippen LogP contribution < -0.4 is 5.32 Å². The van der Waals surface area contributed by atoms with Crippen LogP contribution >= 0.6 is 0 Å². The molecule has 2 aromatic heterocycles. The van der Waals surface area contributed by atoms with Gasteiger partial charge in [-0.3, -0.25) is 19.3 Å². The van der Waals surface area contributed by atoms with E-state index >= 15 is 0 Å². The molecule has 1 saturated heterocycles. The molecule has 1 N–H and O–H groups in total. The highest BCUT2D eigenvalue weighted by Crippen LogP contribution is 2.19. The third-order valence-electron chi connectivity index (χ3n) is 4.29. The molecule has 0 aliphatic carbocycles. The first-order chi connectivity index (χ1) is 12.1. The molecule has 3 heterocycles. The fraction of sp³-hybridized carbons (Fsp3) is 0.444. The Kier molecular flexibility index (Phi) is 5.42. The highest BCUT2D eigenvalue weighted by Gasteiger charge is 2.34. The molecular formula is C18H23N5O2. The number of nitrogens with one attached hydrogen (secondary N) is 1. The van der Waals surface area contributed by atoms with Crippen molar-refractivity contribution in [3.63, 3.8) is 0 Å². The van der Waals surface area contributed by atoms with Gasteiger partial charge in [0.1, 0.15) is 0 Å². The number of likely N-dealkylation sites (tertiary alicyclic amines) is 1. The lowest BCUT2D eigenvalue weighted by atomic mass is 10.1. The van der Waals surface area contributed by atoms with Crippen molar-refractivity contribution in [1.29, 1.82) is 0 Å². The van der Waals surface area contributed by atoms with E-state index in [0.717, 1.165) is 24.2 Å². The topological polar surface area (TPSA) is 80.1 Å². The van der Waals surface area contributed by atoms with Crippen LogP contribution in [0.15, 0.2) is 36.8 Å². The zero-order valence-electron chi connectivity index (χ0n) is 14.4. The van der Waals surface area contributed by atoms with Crippen LogP contribution in [0.2, 0.25) is 0 Å². The van der Waals surface area contributed by atoms with Crippen molar-refractivity contribution in [3.8, 4) is 0 Å². The highest BCUT2D eigenvalue weighted by molar-refractivity contribution is 5.89. The van der Waals surface area contributed by atoms with E-state index in [0.29, 0.717) is 19.6 Å². The second kappa shape index (κ2) is 7.92. The van der Waals surface area contributed by atoms with Gasteiger partial charge in [0.05, 0.1) is 24.4 Å². The molecule has 0 aromatic carbocycles. The Labute approximate surface area is 147 Å². The van der Waals surface area contributed by atoms with Crippen molar-refractivity contribution in [2.45, 2.75) is 32.9 Å². The van der Waals surface area contributed by atoms with E-state index in [2.05, 4.69) is 15.4 Å². The number of carbonyl (C=O) groups excluding carboxylic acids is 2. The Balaban J connectivity index is 1.41. The summed E-state index contributed by atoms with van der Waals surface area (Å²) in [5.41, 5.74) is 1.97. The summed E-state index contributed by atoms with van der Waals surface area (Å²) in [6, 6.07) is 5.63. The summed E-state index contributed by atoms with van der Waals surface area (Å²) in [7, 11) is 0. The fourth-order valence-electron chi connectivity index (χ4n) is 2.97. The first kappa shape index (κ1) is 17.1. The monoisotopic (exact) mass is 341 g/mol. The lowest BCUT2D eigenvalue weighted by molar-refractivity contribution is -0.129. The maximum absolute atomic E-state index is 12.3. The van der Waals surface area contributed by atoms with Crippen molar-refractivity contribution in [1.82, 2.24) is 25.0 Å². The Morgan fingerprint density at radius 2 is 2.28 bits per heavy atom. The number of hydrogen-bond acceptors (Lipinski definition) is 4. The molecule has 0 bridgehead atoms. The summed E-state index contributed by atoms with van der Waals surface area (Å²) in [6.45, 7) is 4.27. The summed E-state index contributed by atoms with van der Waals surface area (Å²) >= 11 is 0. The summed E-state index contributed by atoms with van der Waals surface area (Å²) in [5.74, 6) is -0.311. The molecular weight excluding hydrogens is 318 g/mol. The van der Waals surface area contributed by atoms with E-state index in [4.69, 9.17) is 0 Å². The standard InChI is InChI=1S/C18H23N5O2/c1-14-10-21-23(11-14)8-4-7-20-18(25)15-9-17(24)22(12-15)13-16-5-2-3-6-19-16/h2-3,5-6,10-11,15H,4,7-9,12-13H2,1H3,(H,20,25)/t15-/m1/s1. The van der Waals surface area contributed by atoms with Crippen molar-refractivity contribution < 1.29 is 9.59 Å². The quantitative estimate of drug-likeness (QED) is 0.766. The van der Waals surface area contributed by atoms with Gasteiger partial charge in [0.15, 0.2) is 0 Å². The van der Waals surface area contributed by atoms with Gasteiger partial charge in [-0.1, -0.05) is 6.07 Å². The average molecular weight is 341 g/mol. The lowest BCUT2D eigenvalue weighted by Gasteiger charge is -2.16. The molecule has 0 unspecified atom stereocenters. The van der Waals surface area contributed by atoms with E-state index in [9.17, 15) is 9.59 Å². The lowest BCUT2D eigenvalue weighted by Crippen LogP contribution is -2.33. The minimum atomic E-state index is -0.275. The van der Waals surface area contributed by atoms with Gasteiger partial charge < -0.3 is 10.2 Å². The number of rotatable bonds is 7. The summed E-state index contributed by atoms with van der Waals surface area (Å²) < 4.78 is 1.87. The minimum Gasteiger partial charge on any atom is -0.356 e. The van der Waals surface area contributed by atoms with Gasteiger partial charge in [-0.25, -0.2) is 0 Å². The van der Waals surface area contributed by atoms with Crippen LogP contribution in [0.3, 0.4) is 0 Å². The van der Waals surface area contributed by atoms with Crippen LogP contribution in [0, 0.1) is 12.8 Å². The van der Waals surface area contributed by atoms with Crippen LogP contribution in [0.4, 0.5) is 0 Å². The number of hydrogen-bond donors (Lipinski definition) is 1. The summed E-state index contributed by atoms with van der Waals surface area (Å²) in [5, 5.41) is 7.15. The van der Waals surface area contributed by atoms with Gasteiger partial charge in [-0.2, -0.15) is 5.10 Å². The van der Waals surface area contributed by atoms with Gasteiger partial charge in [-0.15, -0.1) is 0 Å².